The Bertz CT molecular complexity index is 151. The average Bonchev–Trinajstić information content (AvgIpc) is 1.98. The van der Waals surface area contributed by atoms with Gasteiger partial charge in [-0.2, -0.15) is 11.8 Å². The van der Waals surface area contributed by atoms with Gasteiger partial charge in [0, 0.05) is 6.04 Å². The topological polar surface area (TPSA) is 38.3 Å². The Labute approximate surface area is 84.6 Å². The fraction of sp³-hybridized carbons (Fsp3) is 0.889. The van der Waals surface area contributed by atoms with Crippen molar-refractivity contribution in [3.05, 3.63) is 0 Å². The molecule has 0 aromatic heterocycles. The minimum atomic E-state index is -0.316. The van der Waals surface area contributed by atoms with Crippen LogP contribution in [0.25, 0.3) is 0 Å². The van der Waals surface area contributed by atoms with Crippen LogP contribution >= 0.6 is 11.8 Å². The fourth-order valence-corrected chi connectivity index (χ4v) is 1.41. The Morgan fingerprint density at radius 2 is 2.08 bits per heavy atom. The zero-order valence-corrected chi connectivity index (χ0v) is 9.61. The summed E-state index contributed by atoms with van der Waals surface area (Å²) < 4.78 is 4.94. The van der Waals surface area contributed by atoms with Gasteiger partial charge in [-0.1, -0.05) is 0 Å². The molecular weight excluding hydrogens is 186 g/mol. The van der Waals surface area contributed by atoms with Crippen LogP contribution in [-0.2, 0) is 4.74 Å². The third-order valence-electron chi connectivity index (χ3n) is 1.46. The first kappa shape index (κ1) is 12.6. The number of rotatable bonds is 5. The molecule has 0 aromatic carbocycles. The molecule has 0 fully saturated rings. The van der Waals surface area contributed by atoms with Crippen molar-refractivity contribution in [1.29, 1.82) is 0 Å². The van der Waals surface area contributed by atoms with Crippen LogP contribution in [0.5, 0.6) is 0 Å². The van der Waals surface area contributed by atoms with Crippen molar-refractivity contribution in [2.24, 2.45) is 0 Å². The average molecular weight is 205 g/mol. The number of thioether (sulfide) groups is 1. The predicted molar refractivity (Wildman–Crippen MR) is 57.2 cm³/mol. The summed E-state index contributed by atoms with van der Waals surface area (Å²) in [6.45, 7) is 5.66. The zero-order valence-electron chi connectivity index (χ0n) is 8.79. The first-order valence-electron chi connectivity index (χ1n) is 4.52. The third-order valence-corrected chi connectivity index (χ3v) is 2.11. The van der Waals surface area contributed by atoms with Crippen molar-refractivity contribution in [2.75, 3.05) is 12.0 Å². The summed E-state index contributed by atoms with van der Waals surface area (Å²) in [5.74, 6) is 1.06. The van der Waals surface area contributed by atoms with Crippen molar-refractivity contribution in [3.8, 4) is 0 Å². The van der Waals surface area contributed by atoms with E-state index in [2.05, 4.69) is 11.6 Å². The van der Waals surface area contributed by atoms with Crippen molar-refractivity contribution in [1.82, 2.24) is 5.32 Å². The second-order valence-corrected chi connectivity index (χ2v) is 4.27. The standard InChI is InChI=1S/C9H19NO2S/c1-7(2)12-9(11)10-8(3)5-6-13-4/h7-8H,5-6H2,1-4H3,(H,10,11). The number of nitrogens with one attached hydrogen (secondary N) is 1. The molecule has 0 radical (unpaired) electrons. The third kappa shape index (κ3) is 7.96. The van der Waals surface area contributed by atoms with Gasteiger partial charge in [-0.3, -0.25) is 0 Å². The van der Waals surface area contributed by atoms with E-state index in [1.165, 1.54) is 0 Å². The van der Waals surface area contributed by atoms with E-state index in [4.69, 9.17) is 4.74 Å². The molecule has 1 unspecified atom stereocenters. The van der Waals surface area contributed by atoms with Gasteiger partial charge in [0.1, 0.15) is 0 Å². The highest BCUT2D eigenvalue weighted by Crippen LogP contribution is 2.00. The van der Waals surface area contributed by atoms with E-state index in [1.807, 2.05) is 20.8 Å². The highest BCUT2D eigenvalue weighted by Gasteiger charge is 2.08. The van der Waals surface area contributed by atoms with Crippen LogP contribution in [0.2, 0.25) is 0 Å². The number of ether oxygens (including phenoxy) is 1. The van der Waals surface area contributed by atoms with Gasteiger partial charge in [0.15, 0.2) is 0 Å². The lowest BCUT2D eigenvalue weighted by atomic mass is 10.3. The highest BCUT2D eigenvalue weighted by molar-refractivity contribution is 7.98. The summed E-state index contributed by atoms with van der Waals surface area (Å²) in [7, 11) is 0. The quantitative estimate of drug-likeness (QED) is 0.748. The monoisotopic (exact) mass is 205 g/mol. The summed E-state index contributed by atoms with van der Waals surface area (Å²) >= 11 is 1.78. The molecule has 0 aliphatic heterocycles. The van der Waals surface area contributed by atoms with Gasteiger partial charge in [-0.05, 0) is 39.2 Å². The van der Waals surface area contributed by atoms with Crippen LogP contribution in [0.15, 0.2) is 0 Å². The summed E-state index contributed by atoms with van der Waals surface area (Å²) in [6.07, 6.45) is 2.67. The smallest absolute Gasteiger partial charge is 0.407 e. The minimum Gasteiger partial charge on any atom is -0.447 e. The van der Waals surface area contributed by atoms with Gasteiger partial charge in [-0.15, -0.1) is 0 Å². The molecular formula is C9H19NO2S. The maximum Gasteiger partial charge on any atom is 0.407 e. The molecule has 1 N–H and O–H groups in total. The number of carbonyl (C=O) groups is 1. The molecule has 1 atom stereocenters. The number of amides is 1. The van der Waals surface area contributed by atoms with Crippen molar-refractivity contribution in [2.45, 2.75) is 39.3 Å². The van der Waals surface area contributed by atoms with Crippen molar-refractivity contribution < 1.29 is 9.53 Å². The first-order valence-corrected chi connectivity index (χ1v) is 5.91. The molecule has 1 amide bonds. The largest absolute Gasteiger partial charge is 0.447 e. The molecule has 78 valence electrons. The van der Waals surface area contributed by atoms with E-state index in [1.54, 1.807) is 11.8 Å². The van der Waals surface area contributed by atoms with E-state index < -0.39 is 0 Å². The van der Waals surface area contributed by atoms with E-state index in [-0.39, 0.29) is 18.2 Å². The number of hydrogen-bond donors (Lipinski definition) is 1. The Hall–Kier alpha value is -0.380. The molecule has 0 aliphatic carbocycles. The van der Waals surface area contributed by atoms with E-state index in [0.717, 1.165) is 12.2 Å². The summed E-state index contributed by atoms with van der Waals surface area (Å²) in [6, 6.07) is 0.193. The molecule has 0 spiro atoms. The van der Waals surface area contributed by atoms with Gasteiger partial charge in [0.25, 0.3) is 0 Å². The number of hydrogen-bond acceptors (Lipinski definition) is 3. The van der Waals surface area contributed by atoms with Gasteiger partial charge in [-0.25, -0.2) is 4.79 Å². The van der Waals surface area contributed by atoms with Crippen LogP contribution in [0, 0.1) is 0 Å². The predicted octanol–water partition coefficient (Wildman–Crippen LogP) is 2.26. The Kier molecular flexibility index (Phi) is 6.86. The molecule has 0 saturated carbocycles. The molecule has 0 heterocycles. The summed E-state index contributed by atoms with van der Waals surface area (Å²) in [4.78, 5) is 11.1. The van der Waals surface area contributed by atoms with Crippen LogP contribution in [0.4, 0.5) is 4.79 Å². The van der Waals surface area contributed by atoms with E-state index >= 15 is 0 Å². The lowest BCUT2D eigenvalue weighted by molar-refractivity contribution is 0.112. The minimum absolute atomic E-state index is 0.0484. The van der Waals surface area contributed by atoms with E-state index in [0.29, 0.717) is 0 Å². The summed E-state index contributed by atoms with van der Waals surface area (Å²) in [5.41, 5.74) is 0. The summed E-state index contributed by atoms with van der Waals surface area (Å²) in [5, 5.41) is 2.77. The number of carbonyl (C=O) groups excluding carboxylic acids is 1. The van der Waals surface area contributed by atoms with Crippen LogP contribution in [0.3, 0.4) is 0 Å². The normalized spacial score (nSPS) is 12.7. The Morgan fingerprint density at radius 3 is 2.54 bits per heavy atom. The molecule has 0 rings (SSSR count). The molecule has 13 heavy (non-hydrogen) atoms. The molecule has 0 aromatic rings. The zero-order chi connectivity index (χ0) is 10.3. The van der Waals surface area contributed by atoms with Gasteiger partial charge < -0.3 is 10.1 Å². The molecule has 3 nitrogen and oxygen atoms in total. The lowest BCUT2D eigenvalue weighted by Gasteiger charge is -2.14. The second kappa shape index (κ2) is 7.06. The van der Waals surface area contributed by atoms with Crippen LogP contribution in [0.1, 0.15) is 27.2 Å². The number of alkyl carbamates (subject to hydrolysis) is 1. The van der Waals surface area contributed by atoms with Crippen LogP contribution in [-0.4, -0.2) is 30.2 Å². The van der Waals surface area contributed by atoms with Crippen LogP contribution < -0.4 is 5.32 Å². The van der Waals surface area contributed by atoms with Crippen molar-refractivity contribution >= 4 is 17.9 Å². The molecule has 0 bridgehead atoms. The van der Waals surface area contributed by atoms with Gasteiger partial charge in [0.05, 0.1) is 6.10 Å². The first-order chi connectivity index (χ1) is 6.06. The van der Waals surface area contributed by atoms with Gasteiger partial charge >= 0.3 is 6.09 Å². The maximum absolute atomic E-state index is 11.1. The van der Waals surface area contributed by atoms with E-state index in [9.17, 15) is 4.79 Å². The van der Waals surface area contributed by atoms with Gasteiger partial charge in [0.2, 0.25) is 0 Å². The molecule has 4 heteroatoms. The SMILES string of the molecule is CSCCC(C)NC(=O)OC(C)C. The molecule has 0 aliphatic rings. The highest BCUT2D eigenvalue weighted by atomic mass is 32.2. The molecule has 0 saturated heterocycles. The second-order valence-electron chi connectivity index (χ2n) is 3.28. The fourth-order valence-electron chi connectivity index (χ4n) is 0.816. The Morgan fingerprint density at radius 1 is 1.46 bits per heavy atom. The maximum atomic E-state index is 11.1. The Balaban J connectivity index is 3.53. The van der Waals surface area contributed by atoms with Crippen molar-refractivity contribution in [3.63, 3.8) is 0 Å². The lowest BCUT2D eigenvalue weighted by Crippen LogP contribution is -2.34.